The van der Waals surface area contributed by atoms with E-state index in [1.54, 1.807) is 33.8 Å². The van der Waals surface area contributed by atoms with Crippen molar-refractivity contribution in [3.05, 3.63) is 29.3 Å². The van der Waals surface area contributed by atoms with Crippen molar-refractivity contribution in [2.75, 3.05) is 13.6 Å². The zero-order valence-electron chi connectivity index (χ0n) is 14.6. The third-order valence-corrected chi connectivity index (χ3v) is 5.02. The summed E-state index contributed by atoms with van der Waals surface area (Å²) < 4.78 is 27.4. The zero-order chi connectivity index (χ0) is 17.8. The third kappa shape index (κ3) is 5.93. The largest absolute Gasteiger partial charge is 0.350 e. The van der Waals surface area contributed by atoms with Crippen molar-refractivity contribution < 1.29 is 13.2 Å². The second-order valence-corrected chi connectivity index (χ2v) is 8.41. The summed E-state index contributed by atoms with van der Waals surface area (Å²) in [5, 5.41) is 5.83. The molecule has 6 nitrogen and oxygen atoms in total. The molecule has 0 aliphatic heterocycles. The molecule has 1 unspecified atom stereocenters. The molecule has 3 N–H and O–H groups in total. The SMILES string of the molecule is CNC(C)CNC(=O)c1cc(S(=O)(=O)NC(C)(C)C)ccc1C. The van der Waals surface area contributed by atoms with Crippen molar-refractivity contribution in [2.24, 2.45) is 0 Å². The second-order valence-electron chi connectivity index (χ2n) is 6.73. The van der Waals surface area contributed by atoms with E-state index in [0.717, 1.165) is 5.56 Å². The van der Waals surface area contributed by atoms with Gasteiger partial charge in [-0.15, -0.1) is 0 Å². The number of carbonyl (C=O) groups is 1. The molecule has 0 aliphatic rings. The van der Waals surface area contributed by atoms with Gasteiger partial charge in [0.05, 0.1) is 4.90 Å². The number of likely N-dealkylation sites (N-methyl/N-ethyl adjacent to an activating group) is 1. The fourth-order valence-corrected chi connectivity index (χ4v) is 3.36. The quantitative estimate of drug-likeness (QED) is 0.730. The molecular formula is C16H27N3O3S. The average Bonchev–Trinajstić information content (AvgIpc) is 2.41. The minimum Gasteiger partial charge on any atom is -0.350 e. The minimum absolute atomic E-state index is 0.0878. The zero-order valence-corrected chi connectivity index (χ0v) is 15.5. The Labute approximate surface area is 139 Å². The lowest BCUT2D eigenvalue weighted by molar-refractivity contribution is 0.0949. The number of amides is 1. The summed E-state index contributed by atoms with van der Waals surface area (Å²) in [6, 6.07) is 4.71. The number of carbonyl (C=O) groups excluding carboxylic acids is 1. The maximum atomic E-state index is 12.4. The molecule has 1 aromatic carbocycles. The highest BCUT2D eigenvalue weighted by Crippen LogP contribution is 2.17. The predicted octanol–water partition coefficient (Wildman–Crippen LogP) is 1.41. The number of hydrogen-bond donors (Lipinski definition) is 3. The van der Waals surface area contributed by atoms with Crippen LogP contribution in [-0.4, -0.2) is 39.5 Å². The van der Waals surface area contributed by atoms with E-state index in [0.29, 0.717) is 12.1 Å². The van der Waals surface area contributed by atoms with Gasteiger partial charge in [-0.05, 0) is 59.4 Å². The molecule has 0 saturated heterocycles. The number of rotatable bonds is 6. The molecule has 0 bridgehead atoms. The summed E-state index contributed by atoms with van der Waals surface area (Å²) >= 11 is 0. The first kappa shape index (κ1) is 19.6. The molecule has 1 atom stereocenters. The van der Waals surface area contributed by atoms with Crippen LogP contribution >= 0.6 is 0 Å². The van der Waals surface area contributed by atoms with Crippen LogP contribution in [0, 0.1) is 6.92 Å². The van der Waals surface area contributed by atoms with E-state index in [4.69, 9.17) is 0 Å². The van der Waals surface area contributed by atoms with Crippen LogP contribution in [0.4, 0.5) is 0 Å². The lowest BCUT2D eigenvalue weighted by Crippen LogP contribution is -2.40. The van der Waals surface area contributed by atoms with Gasteiger partial charge >= 0.3 is 0 Å². The van der Waals surface area contributed by atoms with Gasteiger partial charge in [-0.2, -0.15) is 0 Å². The standard InChI is InChI=1S/C16H27N3O3S/c1-11-7-8-13(23(21,22)19-16(3,4)5)9-14(11)15(20)18-10-12(2)17-6/h7-9,12,17,19H,10H2,1-6H3,(H,18,20). The van der Waals surface area contributed by atoms with Crippen molar-refractivity contribution in [1.82, 2.24) is 15.4 Å². The van der Waals surface area contributed by atoms with Crippen LogP contribution in [0.3, 0.4) is 0 Å². The Bertz CT molecular complexity index is 664. The van der Waals surface area contributed by atoms with E-state index < -0.39 is 15.6 Å². The normalized spacial score (nSPS) is 13.7. The van der Waals surface area contributed by atoms with Crippen molar-refractivity contribution in [1.29, 1.82) is 0 Å². The number of aryl methyl sites for hydroxylation is 1. The maximum absolute atomic E-state index is 12.4. The first-order chi connectivity index (χ1) is 10.5. The first-order valence-electron chi connectivity index (χ1n) is 7.56. The Morgan fingerprint density at radius 1 is 1.26 bits per heavy atom. The number of hydrogen-bond acceptors (Lipinski definition) is 4. The average molecular weight is 341 g/mol. The number of sulfonamides is 1. The summed E-state index contributed by atoms with van der Waals surface area (Å²) in [4.78, 5) is 12.4. The van der Waals surface area contributed by atoms with Crippen LogP contribution in [0.15, 0.2) is 23.1 Å². The molecule has 1 rings (SSSR count). The molecule has 0 saturated carbocycles. The predicted molar refractivity (Wildman–Crippen MR) is 92.1 cm³/mol. The molecule has 23 heavy (non-hydrogen) atoms. The van der Waals surface area contributed by atoms with Crippen molar-refractivity contribution in [3.8, 4) is 0 Å². The molecule has 0 aromatic heterocycles. The summed E-state index contributed by atoms with van der Waals surface area (Å²) in [6.45, 7) is 9.50. The molecule has 0 aliphatic carbocycles. The highest BCUT2D eigenvalue weighted by Gasteiger charge is 2.23. The number of nitrogens with one attached hydrogen (secondary N) is 3. The van der Waals surface area contributed by atoms with Crippen molar-refractivity contribution >= 4 is 15.9 Å². The van der Waals surface area contributed by atoms with Gasteiger partial charge in [-0.1, -0.05) is 6.07 Å². The van der Waals surface area contributed by atoms with Crippen LogP contribution in [0.5, 0.6) is 0 Å². The van der Waals surface area contributed by atoms with Crippen LogP contribution in [0.2, 0.25) is 0 Å². The Balaban J connectivity index is 3.06. The van der Waals surface area contributed by atoms with Gasteiger partial charge in [0.15, 0.2) is 0 Å². The molecule has 0 heterocycles. The molecule has 0 spiro atoms. The molecule has 1 aromatic rings. The maximum Gasteiger partial charge on any atom is 0.251 e. The summed E-state index contributed by atoms with van der Waals surface area (Å²) in [5.41, 5.74) is 0.508. The van der Waals surface area contributed by atoms with Gasteiger partial charge in [-0.25, -0.2) is 13.1 Å². The smallest absolute Gasteiger partial charge is 0.251 e. The van der Waals surface area contributed by atoms with Gasteiger partial charge < -0.3 is 10.6 Å². The minimum atomic E-state index is -3.67. The summed E-state index contributed by atoms with van der Waals surface area (Å²) in [6.07, 6.45) is 0. The van der Waals surface area contributed by atoms with Crippen LogP contribution in [0.1, 0.15) is 43.6 Å². The van der Waals surface area contributed by atoms with E-state index >= 15 is 0 Å². The monoisotopic (exact) mass is 341 g/mol. The fourth-order valence-electron chi connectivity index (χ4n) is 1.92. The third-order valence-electron chi connectivity index (χ3n) is 3.27. The van der Waals surface area contributed by atoms with Gasteiger partial charge in [0.1, 0.15) is 0 Å². The van der Waals surface area contributed by atoms with E-state index in [1.165, 1.54) is 12.1 Å². The fraction of sp³-hybridized carbons (Fsp3) is 0.562. The first-order valence-corrected chi connectivity index (χ1v) is 9.04. The van der Waals surface area contributed by atoms with Crippen molar-refractivity contribution in [2.45, 2.75) is 51.1 Å². The Morgan fingerprint density at radius 3 is 2.39 bits per heavy atom. The molecular weight excluding hydrogens is 314 g/mol. The van der Waals surface area contributed by atoms with E-state index in [-0.39, 0.29) is 16.8 Å². The van der Waals surface area contributed by atoms with Crippen LogP contribution in [0.25, 0.3) is 0 Å². The highest BCUT2D eigenvalue weighted by atomic mass is 32.2. The van der Waals surface area contributed by atoms with Crippen LogP contribution < -0.4 is 15.4 Å². The van der Waals surface area contributed by atoms with Gasteiger partial charge in [0.25, 0.3) is 5.91 Å². The summed E-state index contributed by atoms with van der Waals surface area (Å²) in [5.74, 6) is -0.280. The Kier molecular flexibility index (Phi) is 6.33. The van der Waals surface area contributed by atoms with E-state index in [1.807, 2.05) is 14.0 Å². The Morgan fingerprint density at radius 2 is 1.87 bits per heavy atom. The topological polar surface area (TPSA) is 87.3 Å². The lowest BCUT2D eigenvalue weighted by Gasteiger charge is -2.21. The number of benzene rings is 1. The second kappa shape index (κ2) is 7.42. The molecule has 130 valence electrons. The lowest BCUT2D eigenvalue weighted by atomic mass is 10.1. The molecule has 0 fully saturated rings. The summed E-state index contributed by atoms with van der Waals surface area (Å²) in [7, 11) is -1.86. The van der Waals surface area contributed by atoms with Gasteiger partial charge in [0.2, 0.25) is 10.0 Å². The molecule has 0 radical (unpaired) electrons. The highest BCUT2D eigenvalue weighted by molar-refractivity contribution is 7.89. The van der Waals surface area contributed by atoms with Crippen molar-refractivity contribution in [3.63, 3.8) is 0 Å². The van der Waals surface area contributed by atoms with E-state index in [2.05, 4.69) is 15.4 Å². The van der Waals surface area contributed by atoms with E-state index in [9.17, 15) is 13.2 Å². The van der Waals surface area contributed by atoms with Gasteiger partial charge in [-0.3, -0.25) is 4.79 Å². The Hall–Kier alpha value is -1.44. The van der Waals surface area contributed by atoms with Crippen LogP contribution in [-0.2, 0) is 10.0 Å². The molecule has 1 amide bonds. The van der Waals surface area contributed by atoms with Gasteiger partial charge in [0, 0.05) is 23.7 Å². The molecule has 7 heteroatoms.